The first-order valence-corrected chi connectivity index (χ1v) is 5.85. The molecule has 15 heavy (non-hydrogen) atoms. The second-order valence-electron chi connectivity index (χ2n) is 6.12. The largest absolute Gasteiger partial charge is 0.369 e. The number of hydrogen-bond acceptors (Lipinski definition) is 2. The third kappa shape index (κ3) is 1.13. The highest BCUT2D eigenvalue weighted by Crippen LogP contribution is 2.67. The van der Waals surface area contributed by atoms with Crippen molar-refractivity contribution in [1.82, 2.24) is 0 Å². The van der Waals surface area contributed by atoms with Crippen molar-refractivity contribution in [2.45, 2.75) is 33.6 Å². The molecular weight excluding hydrogens is 188 g/mol. The lowest BCUT2D eigenvalue weighted by atomic mass is 9.38. The summed E-state index contributed by atoms with van der Waals surface area (Å²) < 4.78 is 0. The number of carbonyl (C=O) groups excluding carboxylic acids is 1. The summed E-state index contributed by atoms with van der Waals surface area (Å²) >= 11 is 0. The Balaban J connectivity index is 2.36. The zero-order chi connectivity index (χ0) is 11.4. The Bertz CT molecular complexity index is 300. The normalized spacial score (nSPS) is 47.1. The Hall–Kier alpha value is -0.570. The highest BCUT2D eigenvalue weighted by atomic mass is 16.1. The lowest BCUT2D eigenvalue weighted by Gasteiger charge is -2.66. The number of hydrogen-bond donors (Lipinski definition) is 2. The van der Waals surface area contributed by atoms with Crippen LogP contribution in [0.4, 0.5) is 0 Å². The van der Waals surface area contributed by atoms with Crippen LogP contribution in [-0.2, 0) is 4.79 Å². The molecule has 3 aliphatic carbocycles. The van der Waals surface area contributed by atoms with Crippen LogP contribution in [0.3, 0.4) is 0 Å². The summed E-state index contributed by atoms with van der Waals surface area (Å²) in [5.74, 6) is 1.29. The Morgan fingerprint density at radius 2 is 1.93 bits per heavy atom. The van der Waals surface area contributed by atoms with Gasteiger partial charge in [0.2, 0.25) is 5.91 Å². The van der Waals surface area contributed by atoms with Crippen LogP contribution in [0.1, 0.15) is 33.6 Å². The first-order valence-electron chi connectivity index (χ1n) is 5.85. The smallest absolute Gasteiger partial charge is 0.223 e. The molecule has 0 aromatic heterocycles. The van der Waals surface area contributed by atoms with Crippen LogP contribution >= 0.6 is 0 Å². The van der Waals surface area contributed by atoms with Gasteiger partial charge in [-0.1, -0.05) is 20.8 Å². The van der Waals surface area contributed by atoms with Crippen LogP contribution < -0.4 is 11.5 Å². The average Bonchev–Trinajstić information content (AvgIpc) is 2.16. The molecule has 2 bridgehead atoms. The summed E-state index contributed by atoms with van der Waals surface area (Å²) in [5.41, 5.74) is 11.3. The van der Waals surface area contributed by atoms with Gasteiger partial charge in [-0.3, -0.25) is 4.79 Å². The van der Waals surface area contributed by atoms with E-state index >= 15 is 0 Å². The van der Waals surface area contributed by atoms with Gasteiger partial charge in [0.05, 0.1) is 5.41 Å². The SMILES string of the molecule is CC1(C)C2CC(CN)C(C)(C(N)=O)C1C2. The molecule has 0 aromatic carbocycles. The third-order valence-corrected chi connectivity index (χ3v) is 5.43. The molecule has 0 saturated heterocycles. The van der Waals surface area contributed by atoms with Gasteiger partial charge in [-0.15, -0.1) is 0 Å². The van der Waals surface area contributed by atoms with Crippen molar-refractivity contribution in [3.8, 4) is 0 Å². The maximum Gasteiger partial charge on any atom is 0.223 e. The number of primary amides is 1. The van der Waals surface area contributed by atoms with E-state index in [1.54, 1.807) is 0 Å². The molecule has 4 N–H and O–H groups in total. The lowest BCUT2D eigenvalue weighted by Crippen LogP contribution is -2.65. The van der Waals surface area contributed by atoms with Crippen molar-refractivity contribution in [3.63, 3.8) is 0 Å². The fourth-order valence-electron chi connectivity index (χ4n) is 4.02. The summed E-state index contributed by atoms with van der Waals surface area (Å²) in [6, 6.07) is 0. The second-order valence-corrected chi connectivity index (χ2v) is 6.12. The van der Waals surface area contributed by atoms with Crippen molar-refractivity contribution in [2.75, 3.05) is 6.54 Å². The van der Waals surface area contributed by atoms with Crippen LogP contribution in [0.15, 0.2) is 0 Å². The van der Waals surface area contributed by atoms with Gasteiger partial charge < -0.3 is 11.5 Å². The zero-order valence-corrected chi connectivity index (χ0v) is 9.92. The quantitative estimate of drug-likeness (QED) is 0.717. The molecule has 0 heterocycles. The molecule has 3 fully saturated rings. The summed E-state index contributed by atoms with van der Waals surface area (Å²) in [5, 5.41) is 0. The van der Waals surface area contributed by atoms with E-state index in [0.717, 1.165) is 18.8 Å². The predicted molar refractivity (Wildman–Crippen MR) is 59.8 cm³/mol. The molecule has 3 saturated carbocycles. The van der Waals surface area contributed by atoms with Gasteiger partial charge in [-0.25, -0.2) is 0 Å². The second kappa shape index (κ2) is 2.97. The first kappa shape index (κ1) is 10.9. The van der Waals surface area contributed by atoms with E-state index in [0.29, 0.717) is 12.5 Å². The van der Waals surface area contributed by atoms with E-state index in [-0.39, 0.29) is 22.7 Å². The van der Waals surface area contributed by atoms with E-state index in [9.17, 15) is 4.79 Å². The topological polar surface area (TPSA) is 69.1 Å². The first-order chi connectivity index (χ1) is 6.85. The molecule has 4 atom stereocenters. The molecule has 3 aliphatic rings. The van der Waals surface area contributed by atoms with Gasteiger partial charge in [0.15, 0.2) is 0 Å². The third-order valence-electron chi connectivity index (χ3n) is 5.43. The predicted octanol–water partition coefficient (Wildman–Crippen LogP) is 1.12. The summed E-state index contributed by atoms with van der Waals surface area (Å²) in [4.78, 5) is 11.7. The van der Waals surface area contributed by atoms with Gasteiger partial charge >= 0.3 is 0 Å². The monoisotopic (exact) mass is 210 g/mol. The minimum absolute atomic E-state index is 0.158. The Morgan fingerprint density at radius 3 is 2.33 bits per heavy atom. The van der Waals surface area contributed by atoms with E-state index in [1.807, 2.05) is 6.92 Å². The number of carbonyl (C=O) groups is 1. The molecule has 1 amide bonds. The molecule has 3 heteroatoms. The summed E-state index contributed by atoms with van der Waals surface area (Å²) in [7, 11) is 0. The minimum atomic E-state index is -0.382. The van der Waals surface area contributed by atoms with Gasteiger partial charge in [0.25, 0.3) is 0 Å². The Labute approximate surface area is 91.6 Å². The molecule has 3 nitrogen and oxygen atoms in total. The molecule has 0 spiro atoms. The van der Waals surface area contributed by atoms with E-state index in [1.165, 1.54) is 0 Å². The van der Waals surface area contributed by atoms with E-state index < -0.39 is 0 Å². The van der Waals surface area contributed by atoms with Crippen LogP contribution in [0, 0.1) is 28.6 Å². The van der Waals surface area contributed by atoms with Crippen molar-refractivity contribution in [2.24, 2.45) is 40.1 Å². The fraction of sp³-hybridized carbons (Fsp3) is 0.917. The van der Waals surface area contributed by atoms with Crippen LogP contribution in [0.25, 0.3) is 0 Å². The summed E-state index contributed by atoms with van der Waals surface area (Å²) in [6.07, 6.45) is 2.22. The molecule has 86 valence electrons. The molecule has 0 radical (unpaired) electrons. The highest BCUT2D eigenvalue weighted by Gasteiger charge is 2.64. The van der Waals surface area contributed by atoms with Gasteiger partial charge in [0, 0.05) is 0 Å². The molecule has 4 unspecified atom stereocenters. The van der Waals surface area contributed by atoms with Gasteiger partial charge in [-0.05, 0) is 42.6 Å². The number of rotatable bonds is 2. The number of amides is 1. The van der Waals surface area contributed by atoms with E-state index in [4.69, 9.17) is 11.5 Å². The maximum absolute atomic E-state index is 11.7. The maximum atomic E-state index is 11.7. The van der Waals surface area contributed by atoms with Gasteiger partial charge in [-0.2, -0.15) is 0 Å². The van der Waals surface area contributed by atoms with Gasteiger partial charge in [0.1, 0.15) is 0 Å². The van der Waals surface area contributed by atoms with Crippen LogP contribution in [0.2, 0.25) is 0 Å². The average molecular weight is 210 g/mol. The van der Waals surface area contributed by atoms with Crippen LogP contribution in [0.5, 0.6) is 0 Å². The standard InChI is InChI=1S/C12H22N2O/c1-11(2)7-4-8(6-13)12(3,10(14)15)9(11)5-7/h7-9H,4-6,13H2,1-3H3,(H2,14,15). The van der Waals surface area contributed by atoms with Crippen molar-refractivity contribution >= 4 is 5.91 Å². The van der Waals surface area contributed by atoms with Crippen molar-refractivity contribution < 1.29 is 4.79 Å². The molecule has 0 aliphatic heterocycles. The molecule has 3 rings (SSSR count). The summed E-state index contributed by atoms with van der Waals surface area (Å²) in [6.45, 7) is 7.14. The molecular formula is C12H22N2O. The zero-order valence-electron chi connectivity index (χ0n) is 9.92. The van der Waals surface area contributed by atoms with Crippen molar-refractivity contribution in [3.05, 3.63) is 0 Å². The number of nitrogens with two attached hydrogens (primary N) is 2. The number of fused-ring (bicyclic) bond motifs is 2. The highest BCUT2D eigenvalue weighted by molar-refractivity contribution is 5.82. The minimum Gasteiger partial charge on any atom is -0.369 e. The van der Waals surface area contributed by atoms with Crippen LogP contribution in [-0.4, -0.2) is 12.5 Å². The molecule has 0 aromatic rings. The Morgan fingerprint density at radius 1 is 1.33 bits per heavy atom. The van der Waals surface area contributed by atoms with E-state index in [2.05, 4.69) is 13.8 Å². The van der Waals surface area contributed by atoms with Crippen molar-refractivity contribution in [1.29, 1.82) is 0 Å². The fourth-order valence-corrected chi connectivity index (χ4v) is 4.02. The Kier molecular flexibility index (Phi) is 2.16. The lowest BCUT2D eigenvalue weighted by molar-refractivity contribution is -0.188.